The zero-order valence-corrected chi connectivity index (χ0v) is 11.9. The maximum absolute atomic E-state index is 11.0. The Kier molecular flexibility index (Phi) is 4.81. The molecule has 0 aliphatic heterocycles. The highest BCUT2D eigenvalue weighted by Crippen LogP contribution is 2.29. The van der Waals surface area contributed by atoms with E-state index in [-0.39, 0.29) is 12.5 Å². The van der Waals surface area contributed by atoms with Crippen molar-refractivity contribution in [1.82, 2.24) is 25.2 Å². The third-order valence-electron chi connectivity index (χ3n) is 3.12. The van der Waals surface area contributed by atoms with Crippen LogP contribution >= 0.6 is 0 Å². The lowest BCUT2D eigenvalue weighted by molar-refractivity contribution is -0.138. The van der Waals surface area contributed by atoms with Crippen LogP contribution in [-0.2, 0) is 4.79 Å². The van der Waals surface area contributed by atoms with Crippen LogP contribution in [0.5, 0.6) is 5.75 Å². The van der Waals surface area contributed by atoms with Crippen LogP contribution in [0.2, 0.25) is 0 Å². The minimum atomic E-state index is -0.878. The lowest BCUT2D eigenvalue weighted by Crippen LogP contribution is -2.16. The third-order valence-corrected chi connectivity index (χ3v) is 3.12. The molecule has 2 aromatic rings. The second-order valence-corrected chi connectivity index (χ2v) is 4.56. The Morgan fingerprint density at radius 3 is 3.00 bits per heavy atom. The van der Waals surface area contributed by atoms with Gasteiger partial charge in [-0.25, -0.2) is 4.68 Å². The van der Waals surface area contributed by atoms with Crippen LogP contribution in [0.1, 0.15) is 32.2 Å². The molecule has 2 rings (SSSR count). The molecule has 0 aromatic carbocycles. The van der Waals surface area contributed by atoms with Crippen molar-refractivity contribution in [2.75, 3.05) is 7.11 Å². The lowest BCUT2D eigenvalue weighted by atomic mass is 10.1. The SMILES string of the molecule is CCCC(CC(=O)O)n1nnnc1-c1ccncc1OC. The van der Waals surface area contributed by atoms with E-state index in [1.807, 2.05) is 6.92 Å². The molecule has 0 aliphatic carbocycles. The summed E-state index contributed by atoms with van der Waals surface area (Å²) in [4.78, 5) is 15.0. The number of ether oxygens (including phenoxy) is 1. The molecule has 112 valence electrons. The van der Waals surface area contributed by atoms with E-state index in [0.29, 0.717) is 23.6 Å². The van der Waals surface area contributed by atoms with Gasteiger partial charge in [-0.15, -0.1) is 5.10 Å². The first-order valence-corrected chi connectivity index (χ1v) is 6.65. The van der Waals surface area contributed by atoms with Gasteiger partial charge in [-0.05, 0) is 22.9 Å². The first kappa shape index (κ1) is 14.9. The average Bonchev–Trinajstić information content (AvgIpc) is 2.95. The van der Waals surface area contributed by atoms with Gasteiger partial charge in [0.2, 0.25) is 0 Å². The highest BCUT2D eigenvalue weighted by atomic mass is 16.5. The molecule has 21 heavy (non-hydrogen) atoms. The van der Waals surface area contributed by atoms with Crippen molar-refractivity contribution in [3.8, 4) is 17.1 Å². The first-order chi connectivity index (χ1) is 10.2. The number of aliphatic carboxylic acids is 1. The Bertz CT molecular complexity index is 613. The highest BCUT2D eigenvalue weighted by molar-refractivity contribution is 5.68. The number of rotatable bonds is 7. The smallest absolute Gasteiger partial charge is 0.305 e. The van der Waals surface area contributed by atoms with E-state index < -0.39 is 5.97 Å². The van der Waals surface area contributed by atoms with E-state index >= 15 is 0 Å². The van der Waals surface area contributed by atoms with Crippen molar-refractivity contribution in [2.24, 2.45) is 0 Å². The lowest BCUT2D eigenvalue weighted by Gasteiger charge is -2.16. The van der Waals surface area contributed by atoms with Crippen LogP contribution in [0.3, 0.4) is 0 Å². The van der Waals surface area contributed by atoms with Crippen molar-refractivity contribution >= 4 is 5.97 Å². The number of hydrogen-bond donors (Lipinski definition) is 1. The summed E-state index contributed by atoms with van der Waals surface area (Å²) in [5.74, 6) is 0.143. The van der Waals surface area contributed by atoms with E-state index in [9.17, 15) is 4.79 Å². The summed E-state index contributed by atoms with van der Waals surface area (Å²) in [7, 11) is 1.54. The fourth-order valence-corrected chi connectivity index (χ4v) is 2.19. The van der Waals surface area contributed by atoms with E-state index in [0.717, 1.165) is 6.42 Å². The van der Waals surface area contributed by atoms with Crippen molar-refractivity contribution in [3.05, 3.63) is 18.5 Å². The minimum Gasteiger partial charge on any atom is -0.494 e. The molecule has 2 heterocycles. The standard InChI is InChI=1S/C13H17N5O3/c1-3-4-9(7-12(19)20)18-13(15-16-17-18)10-5-6-14-8-11(10)21-2/h5-6,8-9H,3-4,7H2,1-2H3,(H,19,20). The second-order valence-electron chi connectivity index (χ2n) is 4.56. The molecule has 0 spiro atoms. The van der Waals surface area contributed by atoms with Gasteiger partial charge in [0.25, 0.3) is 0 Å². The van der Waals surface area contributed by atoms with Crippen LogP contribution in [-0.4, -0.2) is 43.4 Å². The molecular weight excluding hydrogens is 274 g/mol. The van der Waals surface area contributed by atoms with Gasteiger partial charge in [0.1, 0.15) is 5.75 Å². The predicted octanol–water partition coefficient (Wildman–Crippen LogP) is 1.56. The van der Waals surface area contributed by atoms with Gasteiger partial charge in [-0.3, -0.25) is 9.78 Å². The maximum Gasteiger partial charge on any atom is 0.305 e. The number of aromatic nitrogens is 5. The molecular formula is C13H17N5O3. The summed E-state index contributed by atoms with van der Waals surface area (Å²) in [6, 6.07) is 1.44. The van der Waals surface area contributed by atoms with Crippen molar-refractivity contribution in [2.45, 2.75) is 32.2 Å². The topological polar surface area (TPSA) is 103 Å². The molecule has 0 bridgehead atoms. The molecule has 1 atom stereocenters. The second kappa shape index (κ2) is 6.78. The Labute approximate surface area is 121 Å². The van der Waals surface area contributed by atoms with Gasteiger partial charge in [-0.2, -0.15) is 0 Å². The third kappa shape index (κ3) is 3.33. The Balaban J connectivity index is 2.43. The molecule has 0 saturated carbocycles. The number of carbonyl (C=O) groups is 1. The molecule has 1 unspecified atom stereocenters. The van der Waals surface area contributed by atoms with Crippen LogP contribution < -0.4 is 4.74 Å². The Morgan fingerprint density at radius 1 is 1.52 bits per heavy atom. The van der Waals surface area contributed by atoms with Crippen LogP contribution in [0.25, 0.3) is 11.4 Å². The van der Waals surface area contributed by atoms with Gasteiger partial charge in [0.15, 0.2) is 5.82 Å². The van der Waals surface area contributed by atoms with E-state index in [1.54, 1.807) is 23.1 Å². The molecule has 0 amide bonds. The van der Waals surface area contributed by atoms with E-state index in [2.05, 4.69) is 20.5 Å². The molecule has 2 aromatic heterocycles. The van der Waals surface area contributed by atoms with Crippen LogP contribution in [0, 0.1) is 0 Å². The normalized spacial score (nSPS) is 12.1. The predicted molar refractivity (Wildman–Crippen MR) is 73.8 cm³/mol. The summed E-state index contributed by atoms with van der Waals surface area (Å²) in [5.41, 5.74) is 0.684. The van der Waals surface area contributed by atoms with Gasteiger partial charge in [0.05, 0.1) is 31.3 Å². The summed E-state index contributed by atoms with van der Waals surface area (Å²) in [6.07, 6.45) is 4.67. The Morgan fingerprint density at radius 2 is 2.33 bits per heavy atom. The number of hydrogen-bond acceptors (Lipinski definition) is 6. The monoisotopic (exact) mass is 291 g/mol. The quantitative estimate of drug-likeness (QED) is 0.825. The summed E-state index contributed by atoms with van der Waals surface area (Å²) in [5, 5.41) is 20.7. The number of tetrazole rings is 1. The molecule has 0 radical (unpaired) electrons. The van der Waals surface area contributed by atoms with Gasteiger partial charge in [-0.1, -0.05) is 13.3 Å². The van der Waals surface area contributed by atoms with Gasteiger partial charge in [0, 0.05) is 6.20 Å². The zero-order chi connectivity index (χ0) is 15.2. The van der Waals surface area contributed by atoms with Crippen LogP contribution in [0.4, 0.5) is 0 Å². The fourth-order valence-electron chi connectivity index (χ4n) is 2.19. The summed E-state index contributed by atoms with van der Waals surface area (Å²) >= 11 is 0. The van der Waals surface area contributed by atoms with Crippen molar-refractivity contribution < 1.29 is 14.6 Å². The highest BCUT2D eigenvalue weighted by Gasteiger charge is 2.22. The summed E-state index contributed by atoms with van der Waals surface area (Å²) in [6.45, 7) is 1.99. The zero-order valence-electron chi connectivity index (χ0n) is 11.9. The van der Waals surface area contributed by atoms with Gasteiger partial charge >= 0.3 is 5.97 Å². The van der Waals surface area contributed by atoms with Crippen LogP contribution in [0.15, 0.2) is 18.5 Å². The number of nitrogens with zero attached hydrogens (tertiary/aromatic N) is 5. The first-order valence-electron chi connectivity index (χ1n) is 6.65. The molecule has 0 aliphatic rings. The number of pyridine rings is 1. The van der Waals surface area contributed by atoms with E-state index in [4.69, 9.17) is 9.84 Å². The summed E-state index contributed by atoms with van der Waals surface area (Å²) < 4.78 is 6.81. The number of methoxy groups -OCH3 is 1. The number of carboxylic acid groups (broad SMARTS) is 1. The molecule has 0 saturated heterocycles. The largest absolute Gasteiger partial charge is 0.494 e. The maximum atomic E-state index is 11.0. The molecule has 1 N–H and O–H groups in total. The molecule has 8 heteroatoms. The van der Waals surface area contributed by atoms with E-state index in [1.165, 1.54) is 7.11 Å². The molecule has 8 nitrogen and oxygen atoms in total. The van der Waals surface area contributed by atoms with Crippen molar-refractivity contribution in [3.63, 3.8) is 0 Å². The van der Waals surface area contributed by atoms with Crippen molar-refractivity contribution in [1.29, 1.82) is 0 Å². The number of carboxylic acids is 1. The molecule has 0 fully saturated rings. The van der Waals surface area contributed by atoms with Gasteiger partial charge < -0.3 is 9.84 Å². The fraction of sp³-hybridized carbons (Fsp3) is 0.462. The minimum absolute atomic E-state index is 0.0285. The Hall–Kier alpha value is -2.51. The average molecular weight is 291 g/mol.